The van der Waals surface area contributed by atoms with Gasteiger partial charge >= 0.3 is 5.97 Å². The lowest BCUT2D eigenvalue weighted by atomic mass is 10.1. The lowest BCUT2D eigenvalue weighted by molar-refractivity contribution is 0.0530. The van der Waals surface area contributed by atoms with Gasteiger partial charge in [-0.25, -0.2) is 9.18 Å². The number of benzene rings is 1. The molecule has 1 saturated heterocycles. The Labute approximate surface area is 111 Å². The smallest absolute Gasteiger partial charge is 0.340 e. The number of nitrogens with two attached hydrogens (primary N) is 1. The Balaban J connectivity index is 2.36. The normalized spacial score (nSPS) is 19.3. The van der Waals surface area contributed by atoms with Gasteiger partial charge in [0.05, 0.1) is 31.1 Å². The summed E-state index contributed by atoms with van der Waals surface area (Å²) in [5, 5.41) is 0. The molecule has 0 radical (unpaired) electrons. The van der Waals surface area contributed by atoms with E-state index in [1.54, 1.807) is 0 Å². The highest BCUT2D eigenvalue weighted by Gasteiger charge is 2.22. The van der Waals surface area contributed by atoms with Gasteiger partial charge in [0.1, 0.15) is 5.82 Å². The van der Waals surface area contributed by atoms with Crippen LogP contribution in [0.2, 0.25) is 0 Å². The number of carbonyl (C=O) groups is 1. The van der Waals surface area contributed by atoms with Crippen LogP contribution in [0.4, 0.5) is 15.8 Å². The summed E-state index contributed by atoms with van der Waals surface area (Å²) in [7, 11) is 1.27. The van der Waals surface area contributed by atoms with E-state index in [-0.39, 0.29) is 17.4 Å². The van der Waals surface area contributed by atoms with Crippen molar-refractivity contribution in [3.63, 3.8) is 0 Å². The predicted octanol–water partition coefficient (Wildman–Crippen LogP) is 1.42. The van der Waals surface area contributed by atoms with E-state index in [1.807, 2.05) is 11.8 Å². The topological polar surface area (TPSA) is 64.8 Å². The summed E-state index contributed by atoms with van der Waals surface area (Å²) in [6.45, 7) is 3.59. The molecule has 1 fully saturated rings. The van der Waals surface area contributed by atoms with E-state index in [9.17, 15) is 9.18 Å². The number of ether oxygens (including phenoxy) is 2. The van der Waals surface area contributed by atoms with Gasteiger partial charge in [-0.2, -0.15) is 0 Å². The molecule has 0 saturated carbocycles. The first-order valence-electron chi connectivity index (χ1n) is 6.06. The Hall–Kier alpha value is -1.82. The van der Waals surface area contributed by atoms with Crippen molar-refractivity contribution in [3.05, 3.63) is 23.5 Å². The summed E-state index contributed by atoms with van der Waals surface area (Å²) >= 11 is 0. The van der Waals surface area contributed by atoms with Crippen molar-refractivity contribution in [3.8, 4) is 0 Å². The van der Waals surface area contributed by atoms with Crippen molar-refractivity contribution in [1.29, 1.82) is 0 Å². The predicted molar refractivity (Wildman–Crippen MR) is 69.8 cm³/mol. The number of hydrogen-bond donors (Lipinski definition) is 1. The number of carbonyl (C=O) groups excluding carboxylic acids is 1. The molecule has 5 nitrogen and oxygen atoms in total. The molecule has 2 N–H and O–H groups in total. The highest BCUT2D eigenvalue weighted by Crippen LogP contribution is 2.27. The zero-order chi connectivity index (χ0) is 14.0. The van der Waals surface area contributed by atoms with E-state index >= 15 is 0 Å². The van der Waals surface area contributed by atoms with E-state index in [0.29, 0.717) is 25.4 Å². The van der Waals surface area contributed by atoms with Crippen LogP contribution >= 0.6 is 0 Å². The molecule has 0 amide bonds. The summed E-state index contributed by atoms with van der Waals surface area (Å²) < 4.78 is 24.0. The highest BCUT2D eigenvalue weighted by atomic mass is 19.1. The van der Waals surface area contributed by atoms with Gasteiger partial charge < -0.3 is 20.1 Å². The van der Waals surface area contributed by atoms with Crippen molar-refractivity contribution in [2.45, 2.75) is 13.0 Å². The van der Waals surface area contributed by atoms with Gasteiger partial charge in [0, 0.05) is 18.8 Å². The van der Waals surface area contributed by atoms with Crippen molar-refractivity contribution >= 4 is 17.3 Å². The molecule has 1 aliphatic rings. The minimum absolute atomic E-state index is 0.0206. The van der Waals surface area contributed by atoms with Crippen LogP contribution in [0.3, 0.4) is 0 Å². The van der Waals surface area contributed by atoms with Gasteiger partial charge in [-0.15, -0.1) is 0 Å². The Morgan fingerprint density at radius 1 is 1.58 bits per heavy atom. The maximum absolute atomic E-state index is 14.0. The Bertz CT molecular complexity index is 493. The average Bonchev–Trinajstić information content (AvgIpc) is 2.38. The van der Waals surface area contributed by atoms with Crippen LogP contribution < -0.4 is 10.6 Å². The highest BCUT2D eigenvalue weighted by molar-refractivity contribution is 5.96. The minimum Gasteiger partial charge on any atom is -0.465 e. The quantitative estimate of drug-likeness (QED) is 0.649. The van der Waals surface area contributed by atoms with Crippen LogP contribution in [0.25, 0.3) is 0 Å². The first-order chi connectivity index (χ1) is 9.02. The zero-order valence-electron chi connectivity index (χ0n) is 11.0. The maximum Gasteiger partial charge on any atom is 0.340 e. The number of rotatable bonds is 2. The van der Waals surface area contributed by atoms with E-state index in [2.05, 4.69) is 4.74 Å². The number of halogens is 1. The van der Waals surface area contributed by atoms with Crippen LogP contribution in [0.1, 0.15) is 17.3 Å². The van der Waals surface area contributed by atoms with Gasteiger partial charge in [0.25, 0.3) is 0 Å². The number of morpholine rings is 1. The Morgan fingerprint density at radius 2 is 2.32 bits per heavy atom. The number of nitrogens with zero attached hydrogens (tertiary/aromatic N) is 1. The van der Waals surface area contributed by atoms with Crippen LogP contribution in [-0.4, -0.2) is 38.9 Å². The molecular formula is C13H17FN2O3. The molecule has 0 aliphatic carbocycles. The van der Waals surface area contributed by atoms with Crippen LogP contribution in [0, 0.1) is 5.82 Å². The second-order valence-corrected chi connectivity index (χ2v) is 4.51. The van der Waals surface area contributed by atoms with Crippen molar-refractivity contribution in [2.75, 3.05) is 37.4 Å². The van der Waals surface area contributed by atoms with Crippen LogP contribution in [-0.2, 0) is 9.47 Å². The summed E-state index contributed by atoms with van der Waals surface area (Å²) in [4.78, 5) is 13.4. The largest absolute Gasteiger partial charge is 0.465 e. The van der Waals surface area contributed by atoms with Gasteiger partial charge in [0.2, 0.25) is 0 Å². The second kappa shape index (κ2) is 5.44. The molecule has 1 atom stereocenters. The third-order valence-corrected chi connectivity index (χ3v) is 3.11. The maximum atomic E-state index is 14.0. The molecule has 19 heavy (non-hydrogen) atoms. The average molecular weight is 268 g/mol. The molecule has 1 aromatic rings. The molecule has 1 aliphatic heterocycles. The SMILES string of the molecule is COC(=O)c1cc(N2CCOC(C)C2)c(F)cc1N. The number of methoxy groups -OCH3 is 1. The Kier molecular flexibility index (Phi) is 3.90. The standard InChI is InChI=1S/C13H17FN2O3/c1-8-7-16(3-4-19-8)12-5-9(13(17)18-2)11(15)6-10(12)14/h5-6,8H,3-4,7,15H2,1-2H3. The number of esters is 1. The fraction of sp³-hybridized carbons (Fsp3) is 0.462. The van der Waals surface area contributed by atoms with E-state index in [4.69, 9.17) is 10.5 Å². The first-order valence-corrected chi connectivity index (χ1v) is 6.06. The zero-order valence-corrected chi connectivity index (χ0v) is 11.0. The number of nitrogen functional groups attached to an aromatic ring is 1. The van der Waals surface area contributed by atoms with Gasteiger partial charge in [-0.3, -0.25) is 0 Å². The molecule has 0 bridgehead atoms. The van der Waals surface area contributed by atoms with E-state index < -0.39 is 11.8 Å². The van der Waals surface area contributed by atoms with Gasteiger partial charge in [-0.05, 0) is 19.1 Å². The van der Waals surface area contributed by atoms with Crippen molar-refractivity contribution in [2.24, 2.45) is 0 Å². The summed E-state index contributed by atoms with van der Waals surface area (Å²) in [5.74, 6) is -1.01. The first kappa shape index (κ1) is 13.6. The van der Waals surface area contributed by atoms with E-state index in [0.717, 1.165) is 6.07 Å². The second-order valence-electron chi connectivity index (χ2n) is 4.51. The van der Waals surface area contributed by atoms with Crippen molar-refractivity contribution < 1.29 is 18.7 Å². The number of anilines is 2. The summed E-state index contributed by atoms with van der Waals surface area (Å²) in [5.41, 5.74) is 6.25. The third-order valence-electron chi connectivity index (χ3n) is 3.11. The fourth-order valence-electron chi connectivity index (χ4n) is 2.14. The summed E-state index contributed by atoms with van der Waals surface area (Å²) in [6.07, 6.45) is 0.0206. The third kappa shape index (κ3) is 2.78. The molecule has 1 heterocycles. The number of hydrogen-bond acceptors (Lipinski definition) is 5. The van der Waals surface area contributed by atoms with Crippen LogP contribution in [0.15, 0.2) is 12.1 Å². The monoisotopic (exact) mass is 268 g/mol. The van der Waals surface area contributed by atoms with Gasteiger partial charge in [0.15, 0.2) is 0 Å². The molecule has 0 aromatic heterocycles. The Morgan fingerprint density at radius 3 is 2.95 bits per heavy atom. The minimum atomic E-state index is -0.569. The molecular weight excluding hydrogens is 251 g/mol. The lowest BCUT2D eigenvalue weighted by Crippen LogP contribution is -2.41. The fourth-order valence-corrected chi connectivity index (χ4v) is 2.14. The molecule has 1 aromatic carbocycles. The summed E-state index contributed by atoms with van der Waals surface area (Å²) in [6, 6.07) is 2.59. The van der Waals surface area contributed by atoms with Crippen molar-refractivity contribution in [1.82, 2.24) is 0 Å². The molecule has 2 rings (SSSR count). The van der Waals surface area contributed by atoms with Crippen LogP contribution in [0.5, 0.6) is 0 Å². The van der Waals surface area contributed by atoms with E-state index in [1.165, 1.54) is 13.2 Å². The lowest BCUT2D eigenvalue weighted by Gasteiger charge is -2.33. The molecule has 6 heteroatoms. The molecule has 0 spiro atoms. The molecule has 1 unspecified atom stereocenters. The molecule has 104 valence electrons. The van der Waals surface area contributed by atoms with Gasteiger partial charge in [-0.1, -0.05) is 0 Å².